The van der Waals surface area contributed by atoms with Crippen molar-refractivity contribution in [1.29, 1.82) is 0 Å². The molecule has 0 N–H and O–H groups in total. The zero-order valence-electron chi connectivity index (χ0n) is 30.6. The van der Waals surface area contributed by atoms with Crippen LogP contribution >= 0.6 is 11.3 Å². The minimum absolute atomic E-state index is 0.558. The SMILES string of the molecule is c1ccc(-c2nc(-c3ccc(-c4ccc(N(c5ccccc5)c5ccccc5)cc4)c4c3oc3ccccc34)nc(-c3cccc4sc5ccccc5c34)n2)cc1. The van der Waals surface area contributed by atoms with Gasteiger partial charge in [0.25, 0.3) is 0 Å². The molecule has 0 amide bonds. The Hall–Kier alpha value is -7.41. The van der Waals surface area contributed by atoms with Crippen molar-refractivity contribution >= 4 is 70.5 Å². The summed E-state index contributed by atoms with van der Waals surface area (Å²) in [7, 11) is 0. The predicted molar refractivity (Wildman–Crippen MR) is 236 cm³/mol. The van der Waals surface area contributed by atoms with Crippen LogP contribution in [0, 0.1) is 0 Å². The van der Waals surface area contributed by atoms with Gasteiger partial charge in [-0.05, 0) is 71.8 Å². The van der Waals surface area contributed by atoms with E-state index >= 15 is 0 Å². The monoisotopic (exact) mass is 748 g/mol. The second-order valence-electron chi connectivity index (χ2n) is 14.0. The summed E-state index contributed by atoms with van der Waals surface area (Å²) in [6.45, 7) is 0. The number of thiophene rings is 1. The molecule has 3 heterocycles. The molecular formula is C51H32N4OS. The third-order valence-electron chi connectivity index (χ3n) is 10.5. The van der Waals surface area contributed by atoms with Crippen LogP contribution in [0.2, 0.25) is 0 Å². The zero-order chi connectivity index (χ0) is 37.7. The fourth-order valence-electron chi connectivity index (χ4n) is 7.93. The summed E-state index contributed by atoms with van der Waals surface area (Å²) in [6.07, 6.45) is 0. The van der Waals surface area contributed by atoms with Gasteiger partial charge in [0.05, 0.1) is 5.56 Å². The van der Waals surface area contributed by atoms with Crippen LogP contribution in [-0.4, -0.2) is 15.0 Å². The van der Waals surface area contributed by atoms with E-state index in [9.17, 15) is 0 Å². The number of fused-ring (bicyclic) bond motifs is 6. The second kappa shape index (κ2) is 13.7. The van der Waals surface area contributed by atoms with Crippen LogP contribution in [-0.2, 0) is 0 Å². The van der Waals surface area contributed by atoms with Crippen LogP contribution in [0.5, 0.6) is 0 Å². The molecule has 3 aromatic heterocycles. The number of hydrogen-bond acceptors (Lipinski definition) is 6. The van der Waals surface area contributed by atoms with Crippen molar-refractivity contribution in [2.24, 2.45) is 0 Å². The van der Waals surface area contributed by atoms with E-state index in [0.29, 0.717) is 17.5 Å². The lowest BCUT2D eigenvalue weighted by atomic mass is 9.96. The van der Waals surface area contributed by atoms with E-state index in [2.05, 4.69) is 144 Å². The number of para-hydroxylation sites is 3. The van der Waals surface area contributed by atoms with E-state index < -0.39 is 0 Å². The summed E-state index contributed by atoms with van der Waals surface area (Å²) in [5.41, 5.74) is 9.67. The third kappa shape index (κ3) is 5.74. The minimum Gasteiger partial charge on any atom is -0.455 e. The first kappa shape index (κ1) is 33.0. The van der Waals surface area contributed by atoms with E-state index in [1.165, 1.54) is 14.8 Å². The first-order valence-electron chi connectivity index (χ1n) is 18.9. The molecule has 0 radical (unpaired) electrons. The normalized spacial score (nSPS) is 11.5. The smallest absolute Gasteiger partial charge is 0.167 e. The molecule has 0 fully saturated rings. The maximum absolute atomic E-state index is 6.78. The predicted octanol–water partition coefficient (Wildman–Crippen LogP) is 14.3. The van der Waals surface area contributed by atoms with Crippen LogP contribution in [0.1, 0.15) is 0 Å². The number of rotatable bonds is 7. The summed E-state index contributed by atoms with van der Waals surface area (Å²) >= 11 is 1.79. The molecule has 0 aliphatic carbocycles. The van der Waals surface area contributed by atoms with Crippen molar-refractivity contribution in [2.75, 3.05) is 4.90 Å². The molecular weight excluding hydrogens is 717 g/mol. The Morgan fingerprint density at radius 1 is 0.368 bits per heavy atom. The van der Waals surface area contributed by atoms with Gasteiger partial charge < -0.3 is 9.32 Å². The lowest BCUT2D eigenvalue weighted by molar-refractivity contribution is 0.669. The lowest BCUT2D eigenvalue weighted by Crippen LogP contribution is -2.09. The highest BCUT2D eigenvalue weighted by Gasteiger charge is 2.22. The van der Waals surface area contributed by atoms with Crippen LogP contribution in [0.25, 0.3) is 87.4 Å². The first-order valence-corrected chi connectivity index (χ1v) is 19.8. The molecule has 0 unspecified atom stereocenters. The molecule has 5 nitrogen and oxygen atoms in total. The number of nitrogens with zero attached hydrogens (tertiary/aromatic N) is 4. The lowest BCUT2D eigenvalue weighted by Gasteiger charge is -2.25. The first-order chi connectivity index (χ1) is 28.3. The second-order valence-corrected chi connectivity index (χ2v) is 15.0. The summed E-state index contributed by atoms with van der Waals surface area (Å²) in [4.78, 5) is 17.8. The van der Waals surface area contributed by atoms with Crippen molar-refractivity contribution in [3.63, 3.8) is 0 Å². The van der Waals surface area contributed by atoms with Crippen LogP contribution < -0.4 is 4.90 Å². The Labute approximate surface area is 332 Å². The highest BCUT2D eigenvalue weighted by atomic mass is 32.1. The molecule has 0 aliphatic rings. The van der Waals surface area contributed by atoms with E-state index in [4.69, 9.17) is 19.4 Å². The largest absolute Gasteiger partial charge is 0.455 e. The van der Waals surface area contributed by atoms with Crippen LogP contribution in [0.3, 0.4) is 0 Å². The third-order valence-corrected chi connectivity index (χ3v) is 11.7. The number of hydrogen-bond donors (Lipinski definition) is 0. The molecule has 0 saturated heterocycles. The Morgan fingerprint density at radius 3 is 1.67 bits per heavy atom. The van der Waals surface area contributed by atoms with Crippen LogP contribution in [0.4, 0.5) is 17.1 Å². The standard InChI is InChI=1S/C51H32N4OS/c1-4-15-34(16-5-1)49-52-50(41-23-14-26-45-46(41)40-22-11-13-25-44(40)57-45)54-51(53-49)42-32-31-38(47-39-21-10-12-24-43(39)56-48(42)47)33-27-29-37(30-28-33)55(35-17-6-2-7-18-35)36-19-8-3-9-20-36/h1-32H. The molecule has 11 rings (SSSR count). The average molecular weight is 749 g/mol. The van der Waals surface area contributed by atoms with E-state index in [1.807, 2.05) is 54.6 Å². The van der Waals surface area contributed by atoms with Gasteiger partial charge in [0.15, 0.2) is 17.5 Å². The fourth-order valence-corrected chi connectivity index (χ4v) is 9.06. The quantitative estimate of drug-likeness (QED) is 0.162. The highest BCUT2D eigenvalue weighted by molar-refractivity contribution is 7.25. The van der Waals surface area contributed by atoms with Gasteiger partial charge in [-0.3, -0.25) is 0 Å². The minimum atomic E-state index is 0.558. The molecule has 8 aromatic carbocycles. The maximum Gasteiger partial charge on any atom is 0.167 e. The van der Waals surface area contributed by atoms with Gasteiger partial charge in [0, 0.05) is 59.1 Å². The summed E-state index contributed by atoms with van der Waals surface area (Å²) in [6, 6.07) is 67.3. The Balaban J connectivity index is 1.10. The van der Waals surface area contributed by atoms with Crippen molar-refractivity contribution < 1.29 is 4.42 Å². The molecule has 0 saturated carbocycles. The molecule has 0 spiro atoms. The fraction of sp³-hybridized carbons (Fsp3) is 0. The number of furan rings is 1. The Morgan fingerprint density at radius 2 is 0.930 bits per heavy atom. The van der Waals surface area contributed by atoms with Gasteiger partial charge in [-0.2, -0.15) is 0 Å². The maximum atomic E-state index is 6.78. The van der Waals surface area contributed by atoms with Gasteiger partial charge in [-0.1, -0.05) is 133 Å². The molecule has 0 atom stereocenters. The van der Waals surface area contributed by atoms with Crippen LogP contribution in [0.15, 0.2) is 199 Å². The van der Waals surface area contributed by atoms with Crippen molar-refractivity contribution in [2.45, 2.75) is 0 Å². The Kier molecular flexibility index (Phi) is 7.93. The summed E-state index contributed by atoms with van der Waals surface area (Å²) < 4.78 is 9.21. The molecule has 0 aliphatic heterocycles. The molecule has 6 heteroatoms. The molecule has 57 heavy (non-hydrogen) atoms. The number of benzene rings is 8. The van der Waals surface area contributed by atoms with E-state index in [-0.39, 0.29) is 0 Å². The molecule has 0 bridgehead atoms. The highest BCUT2D eigenvalue weighted by Crippen LogP contribution is 2.44. The number of anilines is 3. The van der Waals surface area contributed by atoms with Gasteiger partial charge in [-0.15, -0.1) is 11.3 Å². The molecule has 11 aromatic rings. The van der Waals surface area contributed by atoms with E-state index in [0.717, 1.165) is 72.2 Å². The Bertz CT molecular complexity index is 3190. The average Bonchev–Trinajstić information content (AvgIpc) is 3.87. The van der Waals surface area contributed by atoms with Gasteiger partial charge in [-0.25, -0.2) is 15.0 Å². The van der Waals surface area contributed by atoms with Gasteiger partial charge in [0.1, 0.15) is 11.2 Å². The van der Waals surface area contributed by atoms with Crippen molar-refractivity contribution in [1.82, 2.24) is 15.0 Å². The van der Waals surface area contributed by atoms with Crippen molar-refractivity contribution in [3.05, 3.63) is 194 Å². The zero-order valence-corrected chi connectivity index (χ0v) is 31.4. The summed E-state index contributed by atoms with van der Waals surface area (Å²) in [5.74, 6) is 1.79. The molecule has 268 valence electrons. The summed E-state index contributed by atoms with van der Waals surface area (Å²) in [5, 5.41) is 4.41. The topological polar surface area (TPSA) is 55.1 Å². The van der Waals surface area contributed by atoms with Gasteiger partial charge in [0.2, 0.25) is 0 Å². The van der Waals surface area contributed by atoms with E-state index in [1.54, 1.807) is 11.3 Å². The van der Waals surface area contributed by atoms with Gasteiger partial charge >= 0.3 is 0 Å². The number of aromatic nitrogens is 3. The van der Waals surface area contributed by atoms with Crippen molar-refractivity contribution in [3.8, 4) is 45.3 Å².